The van der Waals surface area contributed by atoms with Crippen LogP contribution in [0.2, 0.25) is 0 Å². The monoisotopic (exact) mass is 267 g/mol. The van der Waals surface area contributed by atoms with Crippen LogP contribution >= 0.6 is 0 Å². The van der Waals surface area contributed by atoms with Crippen LogP contribution in [0.3, 0.4) is 0 Å². The summed E-state index contributed by atoms with van der Waals surface area (Å²) >= 11 is 0. The predicted molar refractivity (Wildman–Crippen MR) is 65.3 cm³/mol. The van der Waals surface area contributed by atoms with Gasteiger partial charge in [0, 0.05) is 6.04 Å². The molecule has 2 nitrogen and oxygen atoms in total. The van der Waals surface area contributed by atoms with E-state index in [9.17, 15) is 18.3 Å². The number of hydrogen-bond acceptors (Lipinski definition) is 2. The first-order valence-corrected chi connectivity index (χ1v) is 6.66. The van der Waals surface area contributed by atoms with Gasteiger partial charge in [-0.2, -0.15) is 13.2 Å². The zero-order valence-corrected chi connectivity index (χ0v) is 11.4. The molecule has 0 aliphatic heterocycles. The van der Waals surface area contributed by atoms with Gasteiger partial charge in [0.15, 0.2) is 0 Å². The van der Waals surface area contributed by atoms with E-state index < -0.39 is 18.8 Å². The van der Waals surface area contributed by atoms with Crippen molar-refractivity contribution in [3.8, 4) is 0 Å². The van der Waals surface area contributed by atoms with Crippen molar-refractivity contribution in [3.63, 3.8) is 0 Å². The SMILES string of the molecule is CCCN(CC(F)(F)F)C1CCCC(C)(C)C1O. The summed E-state index contributed by atoms with van der Waals surface area (Å²) < 4.78 is 37.7. The van der Waals surface area contributed by atoms with Crippen LogP contribution in [0.25, 0.3) is 0 Å². The first kappa shape index (κ1) is 15.8. The smallest absolute Gasteiger partial charge is 0.391 e. The van der Waals surface area contributed by atoms with Crippen molar-refractivity contribution in [2.75, 3.05) is 13.1 Å². The average Bonchev–Trinajstić information content (AvgIpc) is 2.19. The molecule has 0 aromatic rings. The molecule has 1 saturated carbocycles. The lowest BCUT2D eigenvalue weighted by atomic mass is 9.72. The summed E-state index contributed by atoms with van der Waals surface area (Å²) in [6.07, 6.45) is -1.81. The van der Waals surface area contributed by atoms with Crippen LogP contribution in [0.15, 0.2) is 0 Å². The van der Waals surface area contributed by atoms with Crippen molar-refractivity contribution in [1.82, 2.24) is 4.90 Å². The summed E-state index contributed by atoms with van der Waals surface area (Å²) in [4.78, 5) is 1.41. The van der Waals surface area contributed by atoms with Crippen LogP contribution in [-0.4, -0.2) is 41.4 Å². The van der Waals surface area contributed by atoms with Gasteiger partial charge in [-0.3, -0.25) is 4.90 Å². The van der Waals surface area contributed by atoms with Gasteiger partial charge < -0.3 is 5.11 Å². The van der Waals surface area contributed by atoms with Crippen molar-refractivity contribution in [3.05, 3.63) is 0 Å². The lowest BCUT2D eigenvalue weighted by Gasteiger charge is -2.45. The van der Waals surface area contributed by atoms with Crippen molar-refractivity contribution >= 4 is 0 Å². The molecule has 1 aliphatic rings. The van der Waals surface area contributed by atoms with E-state index in [4.69, 9.17) is 0 Å². The molecule has 5 heteroatoms. The number of nitrogens with zero attached hydrogens (tertiary/aromatic N) is 1. The number of alkyl halides is 3. The van der Waals surface area contributed by atoms with E-state index in [-0.39, 0.29) is 11.5 Å². The fourth-order valence-corrected chi connectivity index (χ4v) is 2.86. The highest BCUT2D eigenvalue weighted by atomic mass is 19.4. The number of hydrogen-bond donors (Lipinski definition) is 1. The Morgan fingerprint density at radius 2 is 1.94 bits per heavy atom. The molecule has 0 heterocycles. The second-order valence-electron chi connectivity index (χ2n) is 5.98. The minimum Gasteiger partial charge on any atom is -0.391 e. The van der Waals surface area contributed by atoms with Gasteiger partial charge in [-0.1, -0.05) is 27.2 Å². The largest absolute Gasteiger partial charge is 0.401 e. The Kier molecular flexibility index (Phi) is 5.06. The van der Waals surface area contributed by atoms with Crippen molar-refractivity contribution < 1.29 is 18.3 Å². The average molecular weight is 267 g/mol. The van der Waals surface area contributed by atoms with Gasteiger partial charge in [0.25, 0.3) is 0 Å². The third-order valence-corrected chi connectivity index (χ3v) is 3.85. The Hall–Kier alpha value is -0.290. The van der Waals surface area contributed by atoms with Crippen LogP contribution in [0, 0.1) is 5.41 Å². The lowest BCUT2D eigenvalue weighted by molar-refractivity contribution is -0.164. The molecule has 2 unspecified atom stereocenters. The molecule has 0 saturated heterocycles. The fraction of sp³-hybridized carbons (Fsp3) is 1.00. The van der Waals surface area contributed by atoms with Crippen LogP contribution in [0.4, 0.5) is 13.2 Å². The Balaban J connectivity index is 2.78. The third kappa shape index (κ3) is 4.12. The Labute approximate surface area is 107 Å². The minimum atomic E-state index is -4.20. The van der Waals surface area contributed by atoms with Crippen LogP contribution in [0.1, 0.15) is 46.5 Å². The maximum absolute atomic E-state index is 12.6. The second-order valence-corrected chi connectivity index (χ2v) is 5.98. The molecule has 0 spiro atoms. The molecule has 108 valence electrons. The van der Waals surface area contributed by atoms with Gasteiger partial charge in [-0.15, -0.1) is 0 Å². The van der Waals surface area contributed by atoms with Gasteiger partial charge in [0.1, 0.15) is 0 Å². The maximum atomic E-state index is 12.6. The van der Waals surface area contributed by atoms with E-state index >= 15 is 0 Å². The van der Waals surface area contributed by atoms with Crippen LogP contribution < -0.4 is 0 Å². The first-order chi connectivity index (χ1) is 8.17. The van der Waals surface area contributed by atoms with E-state index in [0.717, 1.165) is 12.8 Å². The summed E-state index contributed by atoms with van der Waals surface area (Å²) in [6, 6.07) is -0.365. The van der Waals surface area contributed by atoms with E-state index in [1.165, 1.54) is 4.90 Å². The summed E-state index contributed by atoms with van der Waals surface area (Å²) in [6.45, 7) is 5.20. The highest BCUT2D eigenvalue weighted by Crippen LogP contribution is 2.38. The Bertz CT molecular complexity index is 265. The number of aliphatic hydroxyl groups is 1. The molecular weight excluding hydrogens is 243 g/mol. The zero-order valence-electron chi connectivity index (χ0n) is 11.4. The highest BCUT2D eigenvalue weighted by molar-refractivity contribution is 4.93. The minimum absolute atomic E-state index is 0.291. The van der Waals surface area contributed by atoms with Gasteiger partial charge in [0.05, 0.1) is 12.6 Å². The fourth-order valence-electron chi connectivity index (χ4n) is 2.86. The van der Waals surface area contributed by atoms with E-state index in [1.54, 1.807) is 0 Å². The predicted octanol–water partition coefficient (Wildman–Crippen LogP) is 3.20. The molecule has 0 bridgehead atoms. The van der Waals surface area contributed by atoms with E-state index in [0.29, 0.717) is 19.4 Å². The summed E-state index contributed by atoms with van der Waals surface area (Å²) in [5, 5.41) is 10.3. The molecule has 0 aromatic heterocycles. The van der Waals surface area contributed by atoms with Gasteiger partial charge >= 0.3 is 6.18 Å². The number of halogens is 3. The van der Waals surface area contributed by atoms with Gasteiger partial charge in [0.2, 0.25) is 0 Å². The zero-order chi connectivity index (χ0) is 14.0. The van der Waals surface area contributed by atoms with Crippen LogP contribution in [-0.2, 0) is 0 Å². The van der Waals surface area contributed by atoms with Gasteiger partial charge in [-0.05, 0) is 31.2 Å². The standard InChI is InChI=1S/C13H24F3NO/c1-4-8-17(9-13(14,15)16)10-6-5-7-12(2,3)11(10)18/h10-11,18H,4-9H2,1-3H3. The summed E-state index contributed by atoms with van der Waals surface area (Å²) in [5.74, 6) is 0. The molecular formula is C13H24F3NO. The molecule has 1 fully saturated rings. The highest BCUT2D eigenvalue weighted by Gasteiger charge is 2.43. The topological polar surface area (TPSA) is 23.5 Å². The lowest BCUT2D eigenvalue weighted by Crippen LogP contribution is -2.54. The maximum Gasteiger partial charge on any atom is 0.401 e. The molecule has 1 N–H and O–H groups in total. The molecule has 1 aliphatic carbocycles. The summed E-state index contributed by atoms with van der Waals surface area (Å²) in [5.41, 5.74) is -0.291. The van der Waals surface area contributed by atoms with Gasteiger partial charge in [-0.25, -0.2) is 0 Å². The van der Waals surface area contributed by atoms with Crippen molar-refractivity contribution in [2.45, 2.75) is 64.8 Å². The molecule has 0 aromatic carbocycles. The number of aliphatic hydroxyl groups excluding tert-OH is 1. The quantitative estimate of drug-likeness (QED) is 0.845. The van der Waals surface area contributed by atoms with E-state index in [2.05, 4.69) is 0 Å². The molecule has 1 rings (SSSR count). The summed E-state index contributed by atoms with van der Waals surface area (Å²) in [7, 11) is 0. The Morgan fingerprint density at radius 3 is 2.44 bits per heavy atom. The normalized spacial score (nSPS) is 28.7. The van der Waals surface area contributed by atoms with Crippen molar-refractivity contribution in [2.24, 2.45) is 5.41 Å². The molecule has 2 atom stereocenters. The molecule has 0 radical (unpaired) electrons. The number of rotatable bonds is 4. The second kappa shape index (κ2) is 5.78. The first-order valence-electron chi connectivity index (χ1n) is 6.66. The molecule has 0 amide bonds. The molecule has 18 heavy (non-hydrogen) atoms. The van der Waals surface area contributed by atoms with E-state index in [1.807, 2.05) is 20.8 Å². The Morgan fingerprint density at radius 1 is 1.33 bits per heavy atom. The van der Waals surface area contributed by atoms with Crippen LogP contribution in [0.5, 0.6) is 0 Å². The third-order valence-electron chi connectivity index (χ3n) is 3.85. The van der Waals surface area contributed by atoms with Crippen molar-refractivity contribution in [1.29, 1.82) is 0 Å².